The monoisotopic (exact) mass is 504 g/mol. The summed E-state index contributed by atoms with van der Waals surface area (Å²) in [5.74, 6) is 2.02. The van der Waals surface area contributed by atoms with Crippen molar-refractivity contribution < 1.29 is 17.9 Å². The van der Waals surface area contributed by atoms with Crippen LogP contribution in [0.2, 0.25) is 0 Å². The number of sulfonamides is 1. The van der Waals surface area contributed by atoms with E-state index in [-0.39, 0.29) is 0 Å². The Morgan fingerprint density at radius 1 is 0.917 bits per heavy atom. The van der Waals surface area contributed by atoms with E-state index in [9.17, 15) is 8.42 Å². The first kappa shape index (κ1) is 23.9. The number of hydrogen-bond donors (Lipinski definition) is 1. The van der Waals surface area contributed by atoms with Crippen LogP contribution >= 0.6 is 0 Å². The van der Waals surface area contributed by atoms with Crippen LogP contribution in [0.5, 0.6) is 11.5 Å². The van der Waals surface area contributed by atoms with Crippen LogP contribution in [0, 0.1) is 13.8 Å². The van der Waals surface area contributed by atoms with Gasteiger partial charge in [-0.25, -0.2) is 18.4 Å². The van der Waals surface area contributed by atoms with Gasteiger partial charge < -0.3 is 14.4 Å². The first-order chi connectivity index (χ1) is 17.3. The number of aromatic nitrogens is 2. The Balaban J connectivity index is 1.46. The number of aryl methyl sites for hydroxylation is 2. The van der Waals surface area contributed by atoms with Crippen LogP contribution < -0.4 is 19.1 Å². The molecular weight excluding hydrogens is 476 g/mol. The zero-order chi connectivity index (χ0) is 25.4. The number of rotatable bonds is 6. The van der Waals surface area contributed by atoms with Crippen LogP contribution in [0.3, 0.4) is 0 Å². The number of hydrogen-bond acceptors (Lipinski definition) is 7. The third-order valence-electron chi connectivity index (χ3n) is 6.52. The molecule has 36 heavy (non-hydrogen) atoms. The predicted octanol–water partition coefficient (Wildman–Crippen LogP) is 4.63. The Labute approximate surface area is 211 Å². The van der Waals surface area contributed by atoms with E-state index in [0.717, 1.165) is 40.8 Å². The molecule has 0 radical (unpaired) electrons. The molecule has 0 bridgehead atoms. The molecule has 1 aliphatic rings. The van der Waals surface area contributed by atoms with Gasteiger partial charge in [-0.15, -0.1) is 0 Å². The molecule has 0 saturated carbocycles. The van der Waals surface area contributed by atoms with Gasteiger partial charge in [-0.1, -0.05) is 18.2 Å². The molecule has 2 heterocycles. The zero-order valence-corrected chi connectivity index (χ0v) is 21.5. The van der Waals surface area contributed by atoms with Crippen molar-refractivity contribution >= 4 is 32.4 Å². The third kappa shape index (κ3) is 4.42. The highest BCUT2D eigenvalue weighted by Crippen LogP contribution is 2.36. The van der Waals surface area contributed by atoms with E-state index in [0.29, 0.717) is 34.2 Å². The molecule has 1 aliphatic heterocycles. The lowest BCUT2D eigenvalue weighted by Gasteiger charge is -2.31. The Kier molecular flexibility index (Phi) is 6.17. The molecule has 4 aromatic rings. The summed E-state index contributed by atoms with van der Waals surface area (Å²) in [6.45, 7) is 5.06. The predicted molar refractivity (Wildman–Crippen MR) is 141 cm³/mol. The second-order valence-corrected chi connectivity index (χ2v) is 10.6. The maximum absolute atomic E-state index is 13.1. The minimum absolute atomic E-state index is 0.290. The normalized spacial score (nSPS) is 13.4. The smallest absolute Gasteiger partial charge is 0.262 e. The molecule has 5 rings (SSSR count). The van der Waals surface area contributed by atoms with Gasteiger partial charge in [0.15, 0.2) is 11.5 Å². The summed E-state index contributed by atoms with van der Waals surface area (Å²) in [6, 6.07) is 14.9. The van der Waals surface area contributed by atoms with Gasteiger partial charge in [-0.3, -0.25) is 4.72 Å². The Bertz CT molecular complexity index is 1570. The van der Waals surface area contributed by atoms with Crippen molar-refractivity contribution in [2.75, 3.05) is 30.4 Å². The van der Waals surface area contributed by atoms with E-state index in [2.05, 4.69) is 19.6 Å². The Hall–Kier alpha value is -3.85. The first-order valence-electron chi connectivity index (χ1n) is 11.6. The molecule has 0 fully saturated rings. The van der Waals surface area contributed by atoms with Crippen molar-refractivity contribution in [1.82, 2.24) is 9.97 Å². The fourth-order valence-corrected chi connectivity index (χ4v) is 6.01. The van der Waals surface area contributed by atoms with Gasteiger partial charge in [-0.05, 0) is 66.8 Å². The van der Waals surface area contributed by atoms with E-state index < -0.39 is 10.0 Å². The number of benzene rings is 3. The van der Waals surface area contributed by atoms with Gasteiger partial charge in [-0.2, -0.15) is 0 Å². The first-order valence-corrected chi connectivity index (χ1v) is 13.1. The van der Waals surface area contributed by atoms with Crippen molar-refractivity contribution in [1.29, 1.82) is 0 Å². The van der Waals surface area contributed by atoms with Crippen LogP contribution in [0.25, 0.3) is 10.9 Å². The molecule has 1 N–H and O–H groups in total. The Morgan fingerprint density at radius 2 is 1.69 bits per heavy atom. The second kappa shape index (κ2) is 9.31. The summed E-state index contributed by atoms with van der Waals surface area (Å²) < 4.78 is 39.9. The number of nitrogens with zero attached hydrogens (tertiary/aromatic N) is 3. The van der Waals surface area contributed by atoms with Gasteiger partial charge >= 0.3 is 0 Å². The lowest BCUT2D eigenvalue weighted by Crippen LogP contribution is -2.31. The molecule has 0 unspecified atom stereocenters. The maximum atomic E-state index is 13.1. The number of anilines is 2. The SMILES string of the molecule is COc1cc2ncnc(N3CCc4ccc(NS(=O)(=O)c5cc(C)ccc5C)cc4C3)c2cc1OC. The van der Waals surface area contributed by atoms with E-state index in [4.69, 9.17) is 9.47 Å². The zero-order valence-electron chi connectivity index (χ0n) is 20.7. The molecule has 8 nitrogen and oxygen atoms in total. The molecule has 1 aromatic heterocycles. The van der Waals surface area contributed by atoms with Crippen LogP contribution in [0.4, 0.5) is 11.5 Å². The van der Waals surface area contributed by atoms with Crippen molar-refractivity contribution in [3.63, 3.8) is 0 Å². The van der Waals surface area contributed by atoms with Gasteiger partial charge in [0.25, 0.3) is 10.0 Å². The highest BCUT2D eigenvalue weighted by molar-refractivity contribution is 7.92. The fraction of sp³-hybridized carbons (Fsp3) is 0.259. The highest BCUT2D eigenvalue weighted by Gasteiger charge is 2.23. The highest BCUT2D eigenvalue weighted by atomic mass is 32.2. The van der Waals surface area contributed by atoms with E-state index in [1.807, 2.05) is 49.4 Å². The number of methoxy groups -OCH3 is 2. The minimum atomic E-state index is -3.71. The number of fused-ring (bicyclic) bond motifs is 2. The van der Waals surface area contributed by atoms with Crippen molar-refractivity contribution in [2.24, 2.45) is 0 Å². The number of ether oxygens (including phenoxy) is 2. The summed E-state index contributed by atoms with van der Waals surface area (Å²) in [4.78, 5) is 11.5. The lowest BCUT2D eigenvalue weighted by atomic mass is 9.99. The van der Waals surface area contributed by atoms with E-state index in [1.165, 1.54) is 5.56 Å². The summed E-state index contributed by atoms with van der Waals surface area (Å²) in [6.07, 6.45) is 2.37. The third-order valence-corrected chi connectivity index (χ3v) is 8.05. The largest absolute Gasteiger partial charge is 0.493 e. The summed E-state index contributed by atoms with van der Waals surface area (Å²) in [7, 11) is -0.513. The molecular formula is C27H28N4O4S. The standard InChI is InChI=1S/C27H28N4O4S/c1-17-5-6-18(2)26(11-17)36(32,33)30-21-8-7-19-9-10-31(15-20(19)12-21)27-22-13-24(34-3)25(35-4)14-23(22)28-16-29-27/h5-8,11-14,16,30H,9-10,15H2,1-4H3. The molecule has 0 aliphatic carbocycles. The molecule has 0 atom stereocenters. The van der Waals surface area contributed by atoms with Crippen LogP contribution in [0.1, 0.15) is 22.3 Å². The van der Waals surface area contributed by atoms with Crippen molar-refractivity contribution in [3.05, 3.63) is 77.1 Å². The molecule has 3 aromatic carbocycles. The van der Waals surface area contributed by atoms with Crippen LogP contribution in [0.15, 0.2) is 59.8 Å². The van der Waals surface area contributed by atoms with Crippen molar-refractivity contribution in [3.8, 4) is 11.5 Å². The topological polar surface area (TPSA) is 93.7 Å². The second-order valence-electron chi connectivity index (χ2n) is 8.95. The molecule has 0 amide bonds. The average molecular weight is 505 g/mol. The minimum Gasteiger partial charge on any atom is -0.493 e. The summed E-state index contributed by atoms with van der Waals surface area (Å²) in [5, 5.41) is 0.866. The van der Waals surface area contributed by atoms with Crippen molar-refractivity contribution in [2.45, 2.75) is 31.7 Å². The van der Waals surface area contributed by atoms with Crippen LogP contribution in [-0.2, 0) is 23.0 Å². The summed E-state index contributed by atoms with van der Waals surface area (Å²) in [5.41, 5.74) is 5.15. The molecule has 0 spiro atoms. The van der Waals surface area contributed by atoms with Gasteiger partial charge in [0.1, 0.15) is 12.1 Å². The summed E-state index contributed by atoms with van der Waals surface area (Å²) >= 11 is 0. The van der Waals surface area contributed by atoms with Crippen LogP contribution in [-0.4, -0.2) is 39.2 Å². The fourth-order valence-electron chi connectivity index (χ4n) is 4.63. The lowest BCUT2D eigenvalue weighted by molar-refractivity contribution is 0.356. The number of nitrogens with one attached hydrogen (secondary N) is 1. The maximum Gasteiger partial charge on any atom is 0.262 e. The quantitative estimate of drug-likeness (QED) is 0.409. The molecule has 9 heteroatoms. The molecule has 186 valence electrons. The van der Waals surface area contributed by atoms with E-state index >= 15 is 0 Å². The van der Waals surface area contributed by atoms with Gasteiger partial charge in [0, 0.05) is 30.2 Å². The average Bonchev–Trinajstić information content (AvgIpc) is 2.88. The van der Waals surface area contributed by atoms with Gasteiger partial charge in [0.05, 0.1) is 24.6 Å². The van der Waals surface area contributed by atoms with E-state index in [1.54, 1.807) is 33.5 Å². The Morgan fingerprint density at radius 3 is 2.47 bits per heavy atom. The van der Waals surface area contributed by atoms with Gasteiger partial charge in [0.2, 0.25) is 0 Å². The molecule has 0 saturated heterocycles.